The molecule has 3 aromatic rings. The van der Waals surface area contributed by atoms with E-state index in [2.05, 4.69) is 11.7 Å². The van der Waals surface area contributed by atoms with E-state index < -0.39 is 0 Å². The Morgan fingerprint density at radius 2 is 1.91 bits per heavy atom. The number of nitrogens with one attached hydrogen (secondary N) is 1. The van der Waals surface area contributed by atoms with E-state index in [1.165, 1.54) is 10.2 Å². The van der Waals surface area contributed by atoms with Gasteiger partial charge in [0.25, 0.3) is 5.56 Å². The summed E-state index contributed by atoms with van der Waals surface area (Å²) >= 11 is 5.99. The molecule has 0 atom stereocenters. The highest BCUT2D eigenvalue weighted by atomic mass is 35.5. The van der Waals surface area contributed by atoms with Crippen LogP contribution in [0.25, 0.3) is 18.3 Å². The van der Waals surface area contributed by atoms with Gasteiger partial charge in [0.15, 0.2) is 0 Å². The zero-order valence-corrected chi connectivity index (χ0v) is 12.9. The Bertz CT molecular complexity index is 981. The van der Waals surface area contributed by atoms with Crippen molar-refractivity contribution >= 4 is 24.3 Å². The van der Waals surface area contributed by atoms with E-state index in [4.69, 9.17) is 11.6 Å². The maximum Gasteiger partial charge on any atom is 0.279 e. The Morgan fingerprint density at radius 3 is 2.59 bits per heavy atom. The van der Waals surface area contributed by atoms with Crippen LogP contribution in [-0.4, -0.2) is 9.78 Å². The highest BCUT2D eigenvalue weighted by molar-refractivity contribution is 6.30. The van der Waals surface area contributed by atoms with Gasteiger partial charge in [-0.15, -0.1) is 0 Å². The van der Waals surface area contributed by atoms with Crippen LogP contribution in [0.3, 0.4) is 0 Å². The number of hydrogen-bond acceptors (Lipinski definition) is 1. The van der Waals surface area contributed by atoms with Crippen molar-refractivity contribution in [1.29, 1.82) is 0 Å². The zero-order valence-electron chi connectivity index (χ0n) is 12.1. The van der Waals surface area contributed by atoms with Crippen LogP contribution in [0.1, 0.15) is 11.1 Å². The number of aromatic nitrogens is 2. The van der Waals surface area contributed by atoms with Gasteiger partial charge in [-0.1, -0.05) is 54.1 Å². The summed E-state index contributed by atoms with van der Waals surface area (Å²) in [6.45, 7) is 5.95. The number of benzene rings is 2. The van der Waals surface area contributed by atoms with E-state index in [1.54, 1.807) is 18.2 Å². The smallest absolute Gasteiger partial charge is 0.279 e. The summed E-state index contributed by atoms with van der Waals surface area (Å²) in [6, 6.07) is 15.1. The number of aromatic amines is 1. The lowest BCUT2D eigenvalue weighted by Gasteiger charge is -2.00. The van der Waals surface area contributed by atoms with Crippen molar-refractivity contribution in [3.8, 4) is 5.69 Å². The predicted molar refractivity (Wildman–Crippen MR) is 90.9 cm³/mol. The summed E-state index contributed by atoms with van der Waals surface area (Å²) in [6.07, 6.45) is 1.83. The lowest BCUT2D eigenvalue weighted by atomic mass is 10.1. The Hall–Kier alpha value is -2.52. The quantitative estimate of drug-likeness (QED) is 0.775. The molecule has 0 unspecified atom stereocenters. The maximum absolute atomic E-state index is 12.6. The van der Waals surface area contributed by atoms with Crippen LogP contribution in [0.15, 0.2) is 53.3 Å². The highest BCUT2D eigenvalue weighted by Gasteiger charge is 2.05. The first-order valence-corrected chi connectivity index (χ1v) is 7.27. The summed E-state index contributed by atoms with van der Waals surface area (Å²) in [5.41, 5.74) is 2.68. The molecule has 3 rings (SSSR count). The number of aryl methyl sites for hydroxylation is 1. The van der Waals surface area contributed by atoms with Gasteiger partial charge in [-0.25, -0.2) is 4.68 Å². The average Bonchev–Trinajstić information content (AvgIpc) is 2.77. The minimum atomic E-state index is -0.146. The van der Waals surface area contributed by atoms with Gasteiger partial charge in [0.1, 0.15) is 0 Å². The second kappa shape index (κ2) is 5.70. The Morgan fingerprint density at radius 1 is 1.18 bits per heavy atom. The largest absolute Gasteiger partial charge is 0.291 e. The second-order valence-corrected chi connectivity index (χ2v) is 5.62. The molecule has 0 bridgehead atoms. The van der Waals surface area contributed by atoms with Crippen molar-refractivity contribution < 1.29 is 0 Å². The highest BCUT2D eigenvalue weighted by Crippen LogP contribution is 2.11. The van der Waals surface area contributed by atoms with Crippen LogP contribution >= 0.6 is 11.6 Å². The Balaban J connectivity index is 2.17. The van der Waals surface area contributed by atoms with E-state index in [0.29, 0.717) is 21.3 Å². The minimum Gasteiger partial charge on any atom is -0.291 e. The van der Waals surface area contributed by atoms with Gasteiger partial charge in [-0.2, -0.15) is 0 Å². The molecule has 0 aliphatic heterocycles. The lowest BCUT2D eigenvalue weighted by molar-refractivity contribution is 0.838. The zero-order chi connectivity index (χ0) is 15.7. The van der Waals surface area contributed by atoms with Crippen LogP contribution in [-0.2, 0) is 0 Å². The third-order valence-corrected chi connectivity index (χ3v) is 3.70. The molecule has 0 saturated carbocycles. The van der Waals surface area contributed by atoms with Crippen LogP contribution < -0.4 is 16.1 Å². The van der Waals surface area contributed by atoms with Gasteiger partial charge in [0, 0.05) is 5.02 Å². The molecule has 110 valence electrons. The lowest BCUT2D eigenvalue weighted by Crippen LogP contribution is -2.33. The summed E-state index contributed by atoms with van der Waals surface area (Å²) < 4.78 is 1.45. The fourth-order valence-electron chi connectivity index (χ4n) is 2.27. The third kappa shape index (κ3) is 2.76. The summed E-state index contributed by atoms with van der Waals surface area (Å²) in [7, 11) is 0. The second-order valence-electron chi connectivity index (χ2n) is 5.18. The van der Waals surface area contributed by atoms with Crippen molar-refractivity contribution in [2.45, 2.75) is 6.92 Å². The number of hydrogen-bond donors (Lipinski definition) is 1. The molecule has 1 aromatic heterocycles. The molecule has 3 nitrogen and oxygen atoms in total. The molecule has 0 aliphatic carbocycles. The molecular weight excluding hydrogens is 296 g/mol. The van der Waals surface area contributed by atoms with Gasteiger partial charge in [0.05, 0.1) is 16.3 Å². The SMILES string of the molecule is C=c1[nH]n(-c2cccc(Cl)c2)c(=O)c1=Cc1ccc(C)cc1. The maximum atomic E-state index is 12.6. The first-order chi connectivity index (χ1) is 10.5. The number of H-pyrrole nitrogens is 1. The van der Waals surface area contributed by atoms with E-state index in [9.17, 15) is 4.79 Å². The molecule has 1 heterocycles. The van der Waals surface area contributed by atoms with E-state index in [-0.39, 0.29) is 5.56 Å². The molecule has 0 radical (unpaired) electrons. The van der Waals surface area contributed by atoms with E-state index in [1.807, 2.05) is 43.3 Å². The average molecular weight is 311 g/mol. The fraction of sp³-hybridized carbons (Fsp3) is 0.0556. The van der Waals surface area contributed by atoms with Crippen molar-refractivity contribution in [1.82, 2.24) is 9.78 Å². The van der Waals surface area contributed by atoms with Crippen molar-refractivity contribution in [2.75, 3.05) is 0 Å². The van der Waals surface area contributed by atoms with Gasteiger partial charge >= 0.3 is 0 Å². The molecule has 22 heavy (non-hydrogen) atoms. The molecule has 1 N–H and O–H groups in total. The molecule has 0 saturated heterocycles. The number of nitrogens with zero attached hydrogens (tertiary/aromatic N) is 1. The van der Waals surface area contributed by atoms with Gasteiger partial charge < -0.3 is 0 Å². The standard InChI is InChI=1S/C18H15ClN2O/c1-12-6-8-14(9-7-12)10-17-13(2)20-21(18(17)22)16-5-3-4-15(19)11-16/h3-11,20H,2H2,1H3. The number of rotatable bonds is 2. The Labute approximate surface area is 132 Å². The normalized spacial score (nSPS) is 11.8. The topological polar surface area (TPSA) is 37.8 Å². The van der Waals surface area contributed by atoms with Crippen molar-refractivity contribution in [3.05, 3.63) is 85.6 Å². The van der Waals surface area contributed by atoms with E-state index in [0.717, 1.165) is 5.56 Å². The van der Waals surface area contributed by atoms with E-state index >= 15 is 0 Å². The van der Waals surface area contributed by atoms with Gasteiger partial charge in [-0.3, -0.25) is 9.89 Å². The summed E-state index contributed by atoms with van der Waals surface area (Å²) in [5.74, 6) is 0. The van der Waals surface area contributed by atoms with Crippen molar-refractivity contribution in [2.24, 2.45) is 0 Å². The van der Waals surface area contributed by atoms with Crippen LogP contribution in [0.2, 0.25) is 5.02 Å². The molecule has 2 aromatic carbocycles. The molecule has 0 amide bonds. The molecular formula is C18H15ClN2O. The number of halogens is 1. The van der Waals surface area contributed by atoms with Crippen molar-refractivity contribution in [3.63, 3.8) is 0 Å². The molecule has 0 spiro atoms. The minimum absolute atomic E-state index is 0.146. The van der Waals surface area contributed by atoms with Crippen LogP contribution in [0, 0.1) is 6.92 Å². The first-order valence-electron chi connectivity index (χ1n) is 6.89. The van der Waals surface area contributed by atoms with Gasteiger partial charge in [-0.05, 0) is 36.8 Å². The first kappa shape index (κ1) is 14.4. The molecule has 0 fully saturated rings. The monoisotopic (exact) mass is 310 g/mol. The van der Waals surface area contributed by atoms with Crippen LogP contribution in [0.5, 0.6) is 0 Å². The summed E-state index contributed by atoms with van der Waals surface area (Å²) in [4.78, 5) is 12.6. The molecule has 0 aliphatic rings. The fourth-order valence-corrected chi connectivity index (χ4v) is 2.46. The molecule has 4 heteroatoms. The predicted octanol–water partition coefficient (Wildman–Crippen LogP) is 2.37. The Kier molecular flexibility index (Phi) is 3.73. The van der Waals surface area contributed by atoms with Crippen LogP contribution in [0.4, 0.5) is 0 Å². The third-order valence-electron chi connectivity index (χ3n) is 3.46. The van der Waals surface area contributed by atoms with Gasteiger partial charge in [0.2, 0.25) is 0 Å². The summed E-state index contributed by atoms with van der Waals surface area (Å²) in [5, 5.41) is 4.69.